The SMILES string of the molecule is CNC(=O)CNC(=O)Cc1ccccc1SC. The van der Waals surface area contributed by atoms with E-state index >= 15 is 0 Å². The number of hydrogen-bond donors (Lipinski definition) is 2. The Morgan fingerprint density at radius 3 is 2.59 bits per heavy atom. The molecule has 0 unspecified atom stereocenters. The molecule has 0 aliphatic carbocycles. The standard InChI is InChI=1S/C12H16N2O2S/c1-13-12(16)8-14-11(15)7-9-5-3-4-6-10(9)17-2/h3-6H,7-8H2,1-2H3,(H,13,16)(H,14,15). The van der Waals surface area contributed by atoms with Gasteiger partial charge in [-0.05, 0) is 17.9 Å². The fourth-order valence-electron chi connectivity index (χ4n) is 1.35. The van der Waals surface area contributed by atoms with E-state index in [1.54, 1.807) is 11.8 Å². The summed E-state index contributed by atoms with van der Waals surface area (Å²) in [4.78, 5) is 23.6. The highest BCUT2D eigenvalue weighted by Gasteiger charge is 2.08. The Kier molecular flexibility index (Phi) is 5.56. The van der Waals surface area contributed by atoms with Gasteiger partial charge in [-0.25, -0.2) is 0 Å². The summed E-state index contributed by atoms with van der Waals surface area (Å²) in [5, 5.41) is 5.02. The van der Waals surface area contributed by atoms with Crippen LogP contribution in [0, 0.1) is 0 Å². The second-order valence-electron chi connectivity index (χ2n) is 3.44. The van der Waals surface area contributed by atoms with Gasteiger partial charge in [-0.15, -0.1) is 11.8 Å². The number of benzene rings is 1. The molecule has 1 aromatic carbocycles. The molecule has 17 heavy (non-hydrogen) atoms. The van der Waals surface area contributed by atoms with Crippen LogP contribution in [-0.2, 0) is 16.0 Å². The zero-order valence-electron chi connectivity index (χ0n) is 9.95. The van der Waals surface area contributed by atoms with E-state index in [0.717, 1.165) is 10.5 Å². The molecule has 0 spiro atoms. The van der Waals surface area contributed by atoms with Crippen LogP contribution < -0.4 is 10.6 Å². The number of amides is 2. The van der Waals surface area contributed by atoms with E-state index in [0.29, 0.717) is 6.42 Å². The van der Waals surface area contributed by atoms with Crippen molar-refractivity contribution in [2.45, 2.75) is 11.3 Å². The Morgan fingerprint density at radius 2 is 1.94 bits per heavy atom. The normalized spacial score (nSPS) is 9.76. The minimum absolute atomic E-state index is 0.0246. The maximum atomic E-state index is 11.6. The minimum atomic E-state index is -0.198. The van der Waals surface area contributed by atoms with Crippen LogP contribution in [0.25, 0.3) is 0 Å². The van der Waals surface area contributed by atoms with E-state index in [9.17, 15) is 9.59 Å². The van der Waals surface area contributed by atoms with Crippen molar-refractivity contribution in [3.8, 4) is 0 Å². The van der Waals surface area contributed by atoms with Gasteiger partial charge in [-0.2, -0.15) is 0 Å². The van der Waals surface area contributed by atoms with E-state index in [1.807, 2.05) is 30.5 Å². The van der Waals surface area contributed by atoms with Gasteiger partial charge in [-0.1, -0.05) is 18.2 Å². The largest absolute Gasteiger partial charge is 0.358 e. The summed E-state index contributed by atoms with van der Waals surface area (Å²) >= 11 is 1.61. The first-order chi connectivity index (χ1) is 8.17. The van der Waals surface area contributed by atoms with Crippen molar-refractivity contribution in [3.05, 3.63) is 29.8 Å². The third kappa shape index (κ3) is 4.48. The number of carbonyl (C=O) groups excluding carboxylic acids is 2. The number of nitrogens with one attached hydrogen (secondary N) is 2. The topological polar surface area (TPSA) is 58.2 Å². The first-order valence-corrected chi connectivity index (χ1v) is 6.49. The molecule has 0 aliphatic rings. The van der Waals surface area contributed by atoms with Gasteiger partial charge in [0.2, 0.25) is 11.8 Å². The highest BCUT2D eigenvalue weighted by Crippen LogP contribution is 2.19. The number of thioether (sulfide) groups is 1. The smallest absolute Gasteiger partial charge is 0.239 e. The molecular weight excluding hydrogens is 236 g/mol. The van der Waals surface area contributed by atoms with E-state index in [1.165, 1.54) is 7.05 Å². The van der Waals surface area contributed by atoms with Gasteiger partial charge < -0.3 is 10.6 Å². The van der Waals surface area contributed by atoms with Crippen molar-refractivity contribution in [2.75, 3.05) is 19.8 Å². The molecule has 2 amide bonds. The maximum absolute atomic E-state index is 11.6. The fraction of sp³-hybridized carbons (Fsp3) is 0.333. The lowest BCUT2D eigenvalue weighted by Crippen LogP contribution is -2.35. The highest BCUT2D eigenvalue weighted by molar-refractivity contribution is 7.98. The molecule has 0 atom stereocenters. The second-order valence-corrected chi connectivity index (χ2v) is 4.29. The Balaban J connectivity index is 2.53. The molecule has 0 radical (unpaired) electrons. The van der Waals surface area contributed by atoms with Crippen molar-refractivity contribution >= 4 is 23.6 Å². The van der Waals surface area contributed by atoms with Gasteiger partial charge in [0.05, 0.1) is 13.0 Å². The molecule has 0 aliphatic heterocycles. The van der Waals surface area contributed by atoms with Crippen molar-refractivity contribution in [1.29, 1.82) is 0 Å². The Hall–Kier alpha value is -1.49. The van der Waals surface area contributed by atoms with Crippen molar-refractivity contribution in [1.82, 2.24) is 10.6 Å². The van der Waals surface area contributed by atoms with Crippen molar-refractivity contribution in [3.63, 3.8) is 0 Å². The molecule has 5 heteroatoms. The summed E-state index contributed by atoms with van der Waals surface area (Å²) in [6, 6.07) is 7.75. The molecule has 0 saturated carbocycles. The molecule has 0 fully saturated rings. The number of carbonyl (C=O) groups is 2. The molecule has 0 saturated heterocycles. The van der Waals surface area contributed by atoms with Crippen LogP contribution in [0.4, 0.5) is 0 Å². The van der Waals surface area contributed by atoms with Gasteiger partial charge in [0.25, 0.3) is 0 Å². The maximum Gasteiger partial charge on any atom is 0.239 e. The zero-order chi connectivity index (χ0) is 12.7. The Labute approximate surface area is 105 Å². The predicted molar refractivity (Wildman–Crippen MR) is 69.0 cm³/mol. The molecule has 2 N–H and O–H groups in total. The molecule has 0 bridgehead atoms. The lowest BCUT2D eigenvalue weighted by atomic mass is 10.1. The predicted octanol–water partition coefficient (Wildman–Crippen LogP) is 0.813. The van der Waals surface area contributed by atoms with Crippen LogP contribution in [0.2, 0.25) is 0 Å². The van der Waals surface area contributed by atoms with Crippen LogP contribution in [0.5, 0.6) is 0 Å². The van der Waals surface area contributed by atoms with Gasteiger partial charge in [0.15, 0.2) is 0 Å². The first kappa shape index (κ1) is 13.6. The van der Waals surface area contributed by atoms with E-state index < -0.39 is 0 Å². The fourth-order valence-corrected chi connectivity index (χ4v) is 1.97. The van der Waals surface area contributed by atoms with E-state index in [2.05, 4.69) is 10.6 Å². The summed E-state index contributed by atoms with van der Waals surface area (Å²) < 4.78 is 0. The number of rotatable bonds is 5. The summed E-state index contributed by atoms with van der Waals surface area (Å²) in [6.07, 6.45) is 2.27. The third-order valence-corrected chi connectivity index (χ3v) is 3.11. The van der Waals surface area contributed by atoms with Crippen LogP contribution in [0.15, 0.2) is 29.2 Å². The van der Waals surface area contributed by atoms with Crippen LogP contribution in [-0.4, -0.2) is 31.7 Å². The van der Waals surface area contributed by atoms with E-state index in [4.69, 9.17) is 0 Å². The average Bonchev–Trinajstić information content (AvgIpc) is 2.36. The lowest BCUT2D eigenvalue weighted by Gasteiger charge is -2.07. The number of likely N-dealkylation sites (N-methyl/N-ethyl adjacent to an activating group) is 1. The van der Waals surface area contributed by atoms with Crippen molar-refractivity contribution < 1.29 is 9.59 Å². The molecule has 4 nitrogen and oxygen atoms in total. The molecule has 0 aromatic heterocycles. The van der Waals surface area contributed by atoms with Gasteiger partial charge in [-0.3, -0.25) is 9.59 Å². The monoisotopic (exact) mass is 252 g/mol. The molecule has 92 valence electrons. The Bertz CT molecular complexity index is 407. The van der Waals surface area contributed by atoms with Crippen LogP contribution in [0.3, 0.4) is 0 Å². The summed E-state index contributed by atoms with van der Waals surface area (Å²) in [5.74, 6) is -0.341. The number of hydrogen-bond acceptors (Lipinski definition) is 3. The lowest BCUT2D eigenvalue weighted by molar-refractivity contribution is -0.125. The zero-order valence-corrected chi connectivity index (χ0v) is 10.8. The van der Waals surface area contributed by atoms with Crippen LogP contribution in [0.1, 0.15) is 5.56 Å². The first-order valence-electron chi connectivity index (χ1n) is 5.26. The minimum Gasteiger partial charge on any atom is -0.358 e. The molecular formula is C12H16N2O2S. The summed E-state index contributed by atoms with van der Waals surface area (Å²) in [6.45, 7) is 0.0246. The average molecular weight is 252 g/mol. The van der Waals surface area contributed by atoms with Gasteiger partial charge in [0, 0.05) is 11.9 Å². The van der Waals surface area contributed by atoms with Gasteiger partial charge in [0.1, 0.15) is 0 Å². The Morgan fingerprint density at radius 1 is 1.24 bits per heavy atom. The van der Waals surface area contributed by atoms with Crippen LogP contribution >= 0.6 is 11.8 Å². The quantitative estimate of drug-likeness (QED) is 0.763. The molecule has 1 rings (SSSR count). The van der Waals surface area contributed by atoms with Gasteiger partial charge >= 0.3 is 0 Å². The van der Waals surface area contributed by atoms with Crippen molar-refractivity contribution in [2.24, 2.45) is 0 Å². The summed E-state index contributed by atoms with van der Waals surface area (Å²) in [7, 11) is 1.54. The molecule has 0 heterocycles. The highest BCUT2D eigenvalue weighted by atomic mass is 32.2. The molecule has 1 aromatic rings. The van der Waals surface area contributed by atoms with E-state index in [-0.39, 0.29) is 18.4 Å². The second kappa shape index (κ2) is 6.96. The third-order valence-electron chi connectivity index (χ3n) is 2.27. The summed E-state index contributed by atoms with van der Waals surface area (Å²) in [5.41, 5.74) is 0.981.